The van der Waals surface area contributed by atoms with Gasteiger partial charge in [0.1, 0.15) is 5.75 Å². The summed E-state index contributed by atoms with van der Waals surface area (Å²) in [6.07, 6.45) is 3.63. The predicted octanol–water partition coefficient (Wildman–Crippen LogP) is 2.43. The first-order valence-corrected chi connectivity index (χ1v) is 11.1. The molecule has 1 aliphatic heterocycles. The number of aromatic nitrogens is 2. The van der Waals surface area contributed by atoms with E-state index in [-0.39, 0.29) is 18.1 Å². The minimum atomic E-state index is -1.05. The van der Waals surface area contributed by atoms with E-state index >= 15 is 0 Å². The van der Waals surface area contributed by atoms with E-state index in [9.17, 15) is 24.1 Å². The maximum absolute atomic E-state index is 13.7. The molecule has 1 aliphatic rings. The second-order valence-electron chi connectivity index (χ2n) is 8.00. The van der Waals surface area contributed by atoms with Gasteiger partial charge in [-0.15, -0.1) is 0 Å². The van der Waals surface area contributed by atoms with Gasteiger partial charge in [-0.2, -0.15) is 4.39 Å². The number of amides is 2. The van der Waals surface area contributed by atoms with Crippen LogP contribution in [-0.4, -0.2) is 64.4 Å². The number of nitro groups is 1. The zero-order chi connectivity index (χ0) is 25.5. The van der Waals surface area contributed by atoms with Crippen molar-refractivity contribution in [1.29, 1.82) is 0 Å². The maximum atomic E-state index is 13.7. The van der Waals surface area contributed by atoms with E-state index < -0.39 is 28.9 Å². The van der Waals surface area contributed by atoms with Crippen molar-refractivity contribution in [2.24, 2.45) is 0 Å². The summed E-state index contributed by atoms with van der Waals surface area (Å²) in [6, 6.07) is 11.7. The van der Waals surface area contributed by atoms with E-state index in [0.717, 1.165) is 17.7 Å². The van der Waals surface area contributed by atoms with Crippen LogP contribution in [0.1, 0.15) is 5.56 Å². The minimum Gasteiger partial charge on any atom is -0.484 e. The molecule has 2 aromatic carbocycles. The molecule has 36 heavy (non-hydrogen) atoms. The number of carbonyl (C=O) groups is 2. The van der Waals surface area contributed by atoms with Gasteiger partial charge < -0.3 is 19.9 Å². The summed E-state index contributed by atoms with van der Waals surface area (Å²) in [4.78, 5) is 47.0. The number of nitro benzene ring substituents is 1. The molecule has 0 spiro atoms. The smallest absolute Gasteiger partial charge is 0.305 e. The van der Waals surface area contributed by atoms with E-state index in [1.165, 1.54) is 6.07 Å². The van der Waals surface area contributed by atoms with E-state index in [4.69, 9.17) is 4.74 Å². The van der Waals surface area contributed by atoms with Crippen molar-refractivity contribution in [1.82, 2.24) is 14.9 Å². The number of carbonyl (C=O) groups excluding carboxylic acids is 2. The van der Waals surface area contributed by atoms with Crippen LogP contribution in [0, 0.1) is 15.9 Å². The lowest BCUT2D eigenvalue weighted by atomic mass is 10.1. The molecule has 0 bridgehead atoms. The van der Waals surface area contributed by atoms with Gasteiger partial charge in [-0.25, -0.2) is 9.97 Å². The molecule has 11 nitrogen and oxygen atoms in total. The monoisotopic (exact) mass is 494 g/mol. The van der Waals surface area contributed by atoms with Gasteiger partial charge in [0.05, 0.1) is 11.3 Å². The normalized spacial score (nSPS) is 13.2. The Kier molecular flexibility index (Phi) is 7.63. The molecule has 0 unspecified atom stereocenters. The second-order valence-corrected chi connectivity index (χ2v) is 8.00. The lowest BCUT2D eigenvalue weighted by molar-refractivity contribution is -0.387. The van der Waals surface area contributed by atoms with Crippen molar-refractivity contribution < 1.29 is 23.6 Å². The summed E-state index contributed by atoms with van der Waals surface area (Å²) >= 11 is 0. The van der Waals surface area contributed by atoms with Crippen molar-refractivity contribution in [3.05, 3.63) is 82.4 Å². The quantitative estimate of drug-likeness (QED) is 0.373. The molecule has 2 amide bonds. The minimum absolute atomic E-state index is 0.000705. The Hall–Kier alpha value is -4.61. The molecule has 3 aromatic rings. The number of benzene rings is 2. The Morgan fingerprint density at radius 3 is 2.39 bits per heavy atom. The van der Waals surface area contributed by atoms with Crippen LogP contribution in [0.15, 0.2) is 60.9 Å². The van der Waals surface area contributed by atoms with Gasteiger partial charge in [-0.1, -0.05) is 12.1 Å². The highest BCUT2D eigenvalue weighted by Crippen LogP contribution is 2.22. The highest BCUT2D eigenvalue weighted by Gasteiger charge is 2.22. The molecule has 0 aliphatic carbocycles. The number of hydrogen-bond donors (Lipinski definition) is 1. The molecule has 4 rings (SSSR count). The van der Waals surface area contributed by atoms with Crippen molar-refractivity contribution in [2.75, 3.05) is 43.0 Å². The average Bonchev–Trinajstić information content (AvgIpc) is 2.89. The molecule has 186 valence electrons. The standard InChI is InChI=1S/C24H23FN6O5/c25-20-15-19(6-7-21(20)31(34)35)36-16-22(32)28-18-4-2-17(3-5-18)14-23(33)29-10-12-30(13-11-29)24-26-8-1-9-27-24/h1-9,15H,10-14,16H2,(H,28,32). The van der Waals surface area contributed by atoms with Crippen molar-refractivity contribution in [3.8, 4) is 5.75 Å². The molecule has 2 heterocycles. The van der Waals surface area contributed by atoms with Gasteiger partial charge in [0.25, 0.3) is 5.91 Å². The van der Waals surface area contributed by atoms with Gasteiger partial charge >= 0.3 is 5.69 Å². The lowest BCUT2D eigenvalue weighted by Gasteiger charge is -2.34. The van der Waals surface area contributed by atoms with Crippen molar-refractivity contribution >= 4 is 29.1 Å². The predicted molar refractivity (Wildman–Crippen MR) is 128 cm³/mol. The van der Waals surface area contributed by atoms with Crippen molar-refractivity contribution in [3.63, 3.8) is 0 Å². The van der Waals surface area contributed by atoms with Crippen molar-refractivity contribution in [2.45, 2.75) is 6.42 Å². The van der Waals surface area contributed by atoms with E-state index in [0.29, 0.717) is 37.8 Å². The zero-order valence-corrected chi connectivity index (χ0v) is 19.2. The van der Waals surface area contributed by atoms with Crippen LogP contribution in [0.25, 0.3) is 0 Å². The fourth-order valence-electron chi connectivity index (χ4n) is 3.67. The van der Waals surface area contributed by atoms with Crippen LogP contribution >= 0.6 is 0 Å². The van der Waals surface area contributed by atoms with Crippen LogP contribution in [0.5, 0.6) is 5.75 Å². The van der Waals surface area contributed by atoms with Crippen LogP contribution in [-0.2, 0) is 16.0 Å². The molecular formula is C24H23FN6O5. The molecule has 0 saturated carbocycles. The topological polar surface area (TPSA) is 131 Å². The first-order valence-electron chi connectivity index (χ1n) is 11.1. The highest BCUT2D eigenvalue weighted by atomic mass is 19.1. The van der Waals surface area contributed by atoms with Crippen LogP contribution in [0.4, 0.5) is 21.7 Å². The number of anilines is 2. The first-order chi connectivity index (χ1) is 17.4. The highest BCUT2D eigenvalue weighted by molar-refractivity contribution is 5.92. The van der Waals surface area contributed by atoms with Crippen LogP contribution in [0.2, 0.25) is 0 Å². The zero-order valence-electron chi connectivity index (χ0n) is 19.2. The Labute approximate surface area is 205 Å². The van der Waals surface area contributed by atoms with Crippen LogP contribution < -0.4 is 15.0 Å². The Balaban J connectivity index is 1.22. The molecule has 1 saturated heterocycles. The number of hydrogen-bond acceptors (Lipinski definition) is 8. The Morgan fingerprint density at radius 2 is 1.75 bits per heavy atom. The lowest BCUT2D eigenvalue weighted by Crippen LogP contribution is -2.49. The third-order valence-corrected chi connectivity index (χ3v) is 5.55. The number of rotatable bonds is 8. The average molecular weight is 494 g/mol. The summed E-state index contributed by atoms with van der Waals surface area (Å²) in [5.74, 6) is -0.857. The third kappa shape index (κ3) is 6.29. The SMILES string of the molecule is O=C(COc1ccc([N+](=O)[O-])c(F)c1)Nc1ccc(CC(=O)N2CCN(c3ncccn3)CC2)cc1. The number of nitrogens with one attached hydrogen (secondary N) is 1. The summed E-state index contributed by atoms with van der Waals surface area (Å²) in [5, 5.41) is 13.3. The largest absolute Gasteiger partial charge is 0.484 e. The fraction of sp³-hybridized carbons (Fsp3) is 0.250. The Morgan fingerprint density at radius 1 is 1.06 bits per heavy atom. The molecular weight excluding hydrogens is 471 g/mol. The van der Waals surface area contributed by atoms with E-state index in [1.807, 2.05) is 9.80 Å². The fourth-order valence-corrected chi connectivity index (χ4v) is 3.67. The number of halogens is 1. The molecule has 1 fully saturated rings. The molecule has 1 N–H and O–H groups in total. The van der Waals surface area contributed by atoms with Gasteiger partial charge in [0.15, 0.2) is 6.61 Å². The number of nitrogens with zero attached hydrogens (tertiary/aromatic N) is 5. The van der Waals surface area contributed by atoms with Gasteiger partial charge in [-0.3, -0.25) is 19.7 Å². The summed E-state index contributed by atoms with van der Waals surface area (Å²) in [5.41, 5.74) is 0.644. The summed E-state index contributed by atoms with van der Waals surface area (Å²) in [7, 11) is 0. The van der Waals surface area contributed by atoms with Gasteiger partial charge in [0.2, 0.25) is 17.7 Å². The molecule has 12 heteroatoms. The molecule has 0 radical (unpaired) electrons. The molecule has 0 atom stereocenters. The maximum Gasteiger partial charge on any atom is 0.305 e. The summed E-state index contributed by atoms with van der Waals surface area (Å²) < 4.78 is 18.8. The Bertz CT molecular complexity index is 1230. The third-order valence-electron chi connectivity index (χ3n) is 5.55. The second kappa shape index (κ2) is 11.2. The molecule has 1 aromatic heterocycles. The van der Waals surface area contributed by atoms with E-state index in [2.05, 4.69) is 15.3 Å². The van der Waals surface area contributed by atoms with Gasteiger partial charge in [-0.05, 0) is 29.8 Å². The van der Waals surface area contributed by atoms with Crippen LogP contribution in [0.3, 0.4) is 0 Å². The van der Waals surface area contributed by atoms with E-state index in [1.54, 1.807) is 42.7 Å². The number of piperazine rings is 1. The van der Waals surface area contributed by atoms with Gasteiger partial charge in [0, 0.05) is 56.4 Å². The number of ether oxygens (including phenoxy) is 1. The summed E-state index contributed by atoms with van der Waals surface area (Å²) in [6.45, 7) is 2.09. The first kappa shape index (κ1) is 24.5.